The van der Waals surface area contributed by atoms with E-state index in [0.717, 1.165) is 12.3 Å². The molecular formula is C22H25NS2. The quantitative estimate of drug-likeness (QED) is 0.584. The molecule has 0 radical (unpaired) electrons. The fourth-order valence-corrected chi connectivity index (χ4v) is 6.08. The maximum atomic E-state index is 2.44. The maximum Gasteiger partial charge on any atom is 0.0607 e. The third-order valence-corrected chi connectivity index (χ3v) is 7.43. The van der Waals surface area contributed by atoms with E-state index in [4.69, 9.17) is 0 Å². The Kier molecular flexibility index (Phi) is 5.05. The molecule has 1 aromatic carbocycles. The molecule has 2 aliphatic rings. The predicted octanol–water partition coefficient (Wildman–Crippen LogP) is 6.30. The van der Waals surface area contributed by atoms with E-state index in [9.17, 15) is 0 Å². The molecule has 3 heteroatoms. The molecule has 0 spiro atoms. The van der Waals surface area contributed by atoms with Crippen molar-refractivity contribution in [2.75, 3.05) is 17.2 Å². The van der Waals surface area contributed by atoms with Crippen LogP contribution in [0.25, 0.3) is 0 Å². The van der Waals surface area contributed by atoms with Crippen molar-refractivity contribution in [2.45, 2.75) is 43.7 Å². The number of allylic oxidation sites excluding steroid dienone is 1. The SMILES string of the molecule is Cc1cc(C)cc(N2C=CC(CSc3cc4c(s3)CCCC4)=CC2)c1. The summed E-state index contributed by atoms with van der Waals surface area (Å²) in [6, 6.07) is 9.20. The minimum atomic E-state index is 0.968. The van der Waals surface area contributed by atoms with Crippen LogP contribution in [0.5, 0.6) is 0 Å². The van der Waals surface area contributed by atoms with E-state index in [1.54, 1.807) is 10.4 Å². The normalized spacial score (nSPS) is 16.7. The lowest BCUT2D eigenvalue weighted by Gasteiger charge is -2.23. The molecule has 2 aromatic rings. The molecule has 130 valence electrons. The van der Waals surface area contributed by atoms with E-state index in [0.29, 0.717) is 0 Å². The summed E-state index contributed by atoms with van der Waals surface area (Å²) in [4.78, 5) is 3.97. The average molecular weight is 368 g/mol. The molecule has 0 N–H and O–H groups in total. The lowest BCUT2D eigenvalue weighted by molar-refractivity contribution is 0.697. The van der Waals surface area contributed by atoms with E-state index in [2.05, 4.69) is 61.4 Å². The predicted molar refractivity (Wildman–Crippen MR) is 112 cm³/mol. The van der Waals surface area contributed by atoms with Crippen molar-refractivity contribution in [3.63, 3.8) is 0 Å². The first kappa shape index (κ1) is 17.0. The second-order valence-corrected chi connectivity index (χ2v) is 9.52. The number of thiophene rings is 1. The van der Waals surface area contributed by atoms with E-state index in [1.807, 2.05) is 23.1 Å². The summed E-state index contributed by atoms with van der Waals surface area (Å²) in [6.07, 6.45) is 12.2. The van der Waals surface area contributed by atoms with Crippen LogP contribution in [-0.4, -0.2) is 12.3 Å². The van der Waals surface area contributed by atoms with Gasteiger partial charge in [-0.25, -0.2) is 0 Å². The fraction of sp³-hybridized carbons (Fsp3) is 0.364. The van der Waals surface area contributed by atoms with Crippen molar-refractivity contribution < 1.29 is 0 Å². The minimum absolute atomic E-state index is 0.968. The van der Waals surface area contributed by atoms with Crippen molar-refractivity contribution in [2.24, 2.45) is 0 Å². The lowest BCUT2D eigenvalue weighted by Crippen LogP contribution is -2.19. The van der Waals surface area contributed by atoms with Crippen molar-refractivity contribution in [3.05, 3.63) is 69.8 Å². The fourth-order valence-electron chi connectivity index (χ4n) is 3.63. The Morgan fingerprint density at radius 2 is 1.84 bits per heavy atom. The molecule has 0 amide bonds. The molecule has 4 rings (SSSR count). The Hall–Kier alpha value is -1.45. The zero-order valence-corrected chi connectivity index (χ0v) is 16.7. The largest absolute Gasteiger partial charge is 0.344 e. The summed E-state index contributed by atoms with van der Waals surface area (Å²) >= 11 is 4.03. The lowest BCUT2D eigenvalue weighted by atomic mass is 10.00. The van der Waals surface area contributed by atoms with E-state index in [-0.39, 0.29) is 0 Å². The Morgan fingerprint density at radius 3 is 2.56 bits per heavy atom. The number of nitrogens with zero attached hydrogens (tertiary/aromatic N) is 1. The van der Waals surface area contributed by atoms with Gasteiger partial charge in [0.2, 0.25) is 0 Å². The van der Waals surface area contributed by atoms with Gasteiger partial charge in [-0.1, -0.05) is 12.1 Å². The van der Waals surface area contributed by atoms with E-state index in [1.165, 1.54) is 52.3 Å². The van der Waals surface area contributed by atoms with Crippen molar-refractivity contribution in [1.82, 2.24) is 0 Å². The maximum absolute atomic E-state index is 2.44. The number of benzene rings is 1. The van der Waals surface area contributed by atoms with Crippen molar-refractivity contribution in [1.29, 1.82) is 0 Å². The number of rotatable bonds is 4. The van der Waals surface area contributed by atoms with Crippen LogP contribution in [0.4, 0.5) is 5.69 Å². The summed E-state index contributed by atoms with van der Waals surface area (Å²) in [6.45, 7) is 5.31. The van der Waals surface area contributed by atoms with Crippen LogP contribution in [0.2, 0.25) is 0 Å². The van der Waals surface area contributed by atoms with Gasteiger partial charge in [0.1, 0.15) is 0 Å². The van der Waals surface area contributed by atoms with Crippen LogP contribution in [-0.2, 0) is 12.8 Å². The third kappa shape index (κ3) is 4.04. The molecule has 0 bridgehead atoms. The molecule has 0 fully saturated rings. The molecule has 25 heavy (non-hydrogen) atoms. The van der Waals surface area contributed by atoms with Gasteiger partial charge in [-0.2, -0.15) is 0 Å². The highest BCUT2D eigenvalue weighted by Crippen LogP contribution is 2.36. The molecule has 0 atom stereocenters. The van der Waals surface area contributed by atoms with Crippen LogP contribution in [0.1, 0.15) is 34.4 Å². The number of anilines is 1. The van der Waals surface area contributed by atoms with Gasteiger partial charge in [0, 0.05) is 29.1 Å². The minimum Gasteiger partial charge on any atom is -0.344 e. The first-order chi connectivity index (χ1) is 12.2. The topological polar surface area (TPSA) is 3.24 Å². The van der Waals surface area contributed by atoms with Crippen LogP contribution in [0, 0.1) is 13.8 Å². The number of hydrogen-bond donors (Lipinski definition) is 0. The van der Waals surface area contributed by atoms with Crippen molar-refractivity contribution in [3.8, 4) is 0 Å². The van der Waals surface area contributed by atoms with Gasteiger partial charge in [0.15, 0.2) is 0 Å². The van der Waals surface area contributed by atoms with Crippen molar-refractivity contribution >= 4 is 28.8 Å². The average Bonchev–Trinajstić information content (AvgIpc) is 3.02. The summed E-state index contributed by atoms with van der Waals surface area (Å²) in [7, 11) is 0. The van der Waals surface area contributed by atoms with Gasteiger partial charge < -0.3 is 4.90 Å². The van der Waals surface area contributed by atoms with Gasteiger partial charge in [-0.05, 0) is 86.1 Å². The molecule has 1 nitrogen and oxygen atoms in total. The molecular weight excluding hydrogens is 342 g/mol. The highest BCUT2D eigenvalue weighted by molar-refractivity contribution is 8.01. The standard InChI is InChI=1S/C22H25NS2/c1-16-11-17(2)13-20(12-16)23-9-7-18(8-10-23)15-24-22-14-19-5-3-4-6-21(19)25-22/h7-9,11-14H,3-6,10,15H2,1-2H3. The second-order valence-electron chi connectivity index (χ2n) is 7.10. The van der Waals surface area contributed by atoms with Gasteiger partial charge in [-0.15, -0.1) is 23.1 Å². The Morgan fingerprint density at radius 1 is 1.04 bits per heavy atom. The molecule has 1 aliphatic heterocycles. The van der Waals surface area contributed by atoms with Gasteiger partial charge in [0.25, 0.3) is 0 Å². The van der Waals surface area contributed by atoms with E-state index >= 15 is 0 Å². The van der Waals surface area contributed by atoms with Crippen LogP contribution >= 0.6 is 23.1 Å². The Labute approximate surface area is 159 Å². The zero-order chi connectivity index (χ0) is 17.2. The number of aryl methyl sites for hydroxylation is 4. The van der Waals surface area contributed by atoms with Gasteiger partial charge in [0.05, 0.1) is 4.21 Å². The monoisotopic (exact) mass is 367 g/mol. The first-order valence-corrected chi connectivity index (χ1v) is 10.9. The molecule has 2 heterocycles. The van der Waals surface area contributed by atoms with E-state index < -0.39 is 0 Å². The number of hydrogen-bond acceptors (Lipinski definition) is 3. The molecule has 0 saturated carbocycles. The Bertz CT molecular complexity index is 785. The number of fused-ring (bicyclic) bond motifs is 1. The van der Waals surface area contributed by atoms with Gasteiger partial charge >= 0.3 is 0 Å². The summed E-state index contributed by atoms with van der Waals surface area (Å²) in [5, 5.41) is 0. The van der Waals surface area contributed by atoms with Crippen LogP contribution in [0.15, 0.2) is 52.4 Å². The van der Waals surface area contributed by atoms with Crippen LogP contribution in [0.3, 0.4) is 0 Å². The summed E-state index contributed by atoms with van der Waals surface area (Å²) in [5.41, 5.74) is 7.01. The summed E-state index contributed by atoms with van der Waals surface area (Å²) < 4.78 is 1.50. The van der Waals surface area contributed by atoms with Gasteiger partial charge in [-0.3, -0.25) is 0 Å². The molecule has 1 aromatic heterocycles. The Balaban J connectivity index is 1.37. The molecule has 0 saturated heterocycles. The zero-order valence-electron chi connectivity index (χ0n) is 15.0. The first-order valence-electron chi connectivity index (χ1n) is 9.14. The summed E-state index contributed by atoms with van der Waals surface area (Å²) in [5.74, 6) is 1.08. The highest BCUT2D eigenvalue weighted by Gasteiger charge is 2.14. The molecule has 0 unspecified atom stereocenters. The smallest absolute Gasteiger partial charge is 0.0607 e. The number of thioether (sulfide) groups is 1. The molecule has 1 aliphatic carbocycles. The van der Waals surface area contributed by atoms with Crippen LogP contribution < -0.4 is 4.90 Å². The highest BCUT2D eigenvalue weighted by atomic mass is 32.2. The third-order valence-electron chi connectivity index (χ3n) is 4.91. The second kappa shape index (κ2) is 7.43.